The highest BCUT2D eigenvalue weighted by molar-refractivity contribution is 5.55. The van der Waals surface area contributed by atoms with E-state index >= 15 is 0 Å². The predicted octanol–water partition coefficient (Wildman–Crippen LogP) is 1.98. The van der Waals surface area contributed by atoms with Crippen LogP contribution in [0.15, 0.2) is 18.2 Å². The zero-order chi connectivity index (χ0) is 13.1. The number of nitrogens with zero attached hydrogens (tertiary/aromatic N) is 2. The molecule has 2 N–H and O–H groups in total. The molecule has 3 nitrogen and oxygen atoms in total. The molecule has 1 aromatic carbocycles. The molecule has 0 radical (unpaired) electrons. The van der Waals surface area contributed by atoms with Gasteiger partial charge in [0, 0.05) is 25.3 Å². The van der Waals surface area contributed by atoms with Crippen molar-refractivity contribution < 1.29 is 0 Å². The lowest BCUT2D eigenvalue weighted by Gasteiger charge is -2.37. The third kappa shape index (κ3) is 2.85. The quantitative estimate of drug-likeness (QED) is 0.886. The summed E-state index contributed by atoms with van der Waals surface area (Å²) >= 11 is 0. The van der Waals surface area contributed by atoms with Crippen molar-refractivity contribution >= 4 is 5.69 Å². The lowest BCUT2D eigenvalue weighted by atomic mass is 10.0. The van der Waals surface area contributed by atoms with Gasteiger partial charge in [-0.3, -0.25) is 0 Å². The molecule has 0 spiro atoms. The van der Waals surface area contributed by atoms with E-state index in [1.807, 2.05) is 0 Å². The summed E-state index contributed by atoms with van der Waals surface area (Å²) < 4.78 is 0. The number of hydrogen-bond donors (Lipinski definition) is 1. The van der Waals surface area contributed by atoms with Gasteiger partial charge in [-0.05, 0) is 51.5 Å². The van der Waals surface area contributed by atoms with Gasteiger partial charge in [-0.1, -0.05) is 17.7 Å². The number of piperidine rings is 1. The third-order valence-corrected chi connectivity index (χ3v) is 4.07. The Bertz CT molecular complexity index is 395. The fraction of sp³-hybridized carbons (Fsp3) is 0.600. The highest BCUT2D eigenvalue weighted by atomic mass is 15.2. The summed E-state index contributed by atoms with van der Waals surface area (Å²) in [6.45, 7) is 5.13. The van der Waals surface area contributed by atoms with Crippen molar-refractivity contribution in [1.29, 1.82) is 0 Å². The summed E-state index contributed by atoms with van der Waals surface area (Å²) in [6, 6.07) is 7.26. The second kappa shape index (κ2) is 5.72. The van der Waals surface area contributed by atoms with Crippen molar-refractivity contribution in [1.82, 2.24) is 4.90 Å². The second-order valence-corrected chi connectivity index (χ2v) is 5.48. The first-order chi connectivity index (χ1) is 8.61. The van der Waals surface area contributed by atoms with Crippen molar-refractivity contribution in [3.05, 3.63) is 29.3 Å². The number of nitrogens with two attached hydrogens (primary N) is 1. The topological polar surface area (TPSA) is 32.5 Å². The van der Waals surface area contributed by atoms with Crippen LogP contribution >= 0.6 is 0 Å². The standard InChI is InChI=1S/C15H25N3/c1-12-4-5-15(13(10-12)11-16)18(3)14-6-8-17(2)9-7-14/h4-5,10,14H,6-9,11,16H2,1-3H3. The number of benzene rings is 1. The van der Waals surface area contributed by atoms with E-state index < -0.39 is 0 Å². The Kier molecular flexibility index (Phi) is 4.25. The summed E-state index contributed by atoms with van der Waals surface area (Å²) in [5.74, 6) is 0. The van der Waals surface area contributed by atoms with E-state index in [1.165, 1.54) is 42.7 Å². The van der Waals surface area contributed by atoms with E-state index in [1.54, 1.807) is 0 Å². The monoisotopic (exact) mass is 247 g/mol. The minimum atomic E-state index is 0.619. The summed E-state index contributed by atoms with van der Waals surface area (Å²) in [4.78, 5) is 4.83. The molecule has 0 aromatic heterocycles. The Morgan fingerprint density at radius 3 is 2.61 bits per heavy atom. The van der Waals surface area contributed by atoms with Gasteiger partial charge in [0.1, 0.15) is 0 Å². The first-order valence-electron chi connectivity index (χ1n) is 6.83. The molecule has 0 aliphatic carbocycles. The van der Waals surface area contributed by atoms with E-state index in [0.29, 0.717) is 12.6 Å². The maximum atomic E-state index is 5.87. The lowest BCUT2D eigenvalue weighted by Crippen LogP contribution is -2.42. The zero-order valence-corrected chi connectivity index (χ0v) is 11.8. The van der Waals surface area contributed by atoms with Crippen molar-refractivity contribution in [2.24, 2.45) is 5.73 Å². The summed E-state index contributed by atoms with van der Waals surface area (Å²) in [5.41, 5.74) is 9.73. The highest BCUT2D eigenvalue weighted by Crippen LogP contribution is 2.26. The Hall–Kier alpha value is -1.06. The Morgan fingerprint density at radius 1 is 1.33 bits per heavy atom. The summed E-state index contributed by atoms with van der Waals surface area (Å²) in [5, 5.41) is 0. The van der Waals surface area contributed by atoms with Gasteiger partial charge < -0.3 is 15.5 Å². The largest absolute Gasteiger partial charge is 0.371 e. The van der Waals surface area contributed by atoms with E-state index in [4.69, 9.17) is 5.73 Å². The molecule has 0 amide bonds. The van der Waals surface area contributed by atoms with Gasteiger partial charge >= 0.3 is 0 Å². The number of anilines is 1. The zero-order valence-electron chi connectivity index (χ0n) is 11.8. The fourth-order valence-corrected chi connectivity index (χ4v) is 2.80. The third-order valence-electron chi connectivity index (χ3n) is 4.07. The van der Waals surface area contributed by atoms with E-state index in [0.717, 1.165) is 0 Å². The molecule has 0 saturated carbocycles. The first kappa shape index (κ1) is 13.4. The van der Waals surface area contributed by atoms with Gasteiger partial charge in [0.05, 0.1) is 0 Å². The van der Waals surface area contributed by atoms with Crippen LogP contribution in [0.25, 0.3) is 0 Å². The van der Waals surface area contributed by atoms with Gasteiger partial charge in [-0.25, -0.2) is 0 Å². The van der Waals surface area contributed by atoms with Crippen LogP contribution in [0, 0.1) is 6.92 Å². The Labute approximate surface area is 111 Å². The van der Waals surface area contributed by atoms with Crippen LogP contribution < -0.4 is 10.6 Å². The van der Waals surface area contributed by atoms with Crippen LogP contribution in [-0.4, -0.2) is 38.1 Å². The molecule has 0 bridgehead atoms. The SMILES string of the molecule is Cc1ccc(N(C)C2CCN(C)CC2)c(CN)c1. The van der Waals surface area contributed by atoms with Crippen molar-refractivity contribution in [2.45, 2.75) is 32.4 Å². The molecule has 1 heterocycles. The Morgan fingerprint density at radius 2 is 2.00 bits per heavy atom. The predicted molar refractivity (Wildman–Crippen MR) is 78.0 cm³/mol. The molecule has 1 fully saturated rings. The Balaban J connectivity index is 2.15. The van der Waals surface area contributed by atoms with Crippen molar-refractivity contribution in [3.8, 4) is 0 Å². The van der Waals surface area contributed by atoms with Gasteiger partial charge in [0.2, 0.25) is 0 Å². The lowest BCUT2D eigenvalue weighted by molar-refractivity contribution is 0.253. The molecular weight excluding hydrogens is 222 g/mol. The average molecular weight is 247 g/mol. The summed E-state index contributed by atoms with van der Waals surface area (Å²) in [7, 11) is 4.41. The second-order valence-electron chi connectivity index (χ2n) is 5.48. The van der Waals surface area contributed by atoms with Crippen molar-refractivity contribution in [3.63, 3.8) is 0 Å². The molecule has 100 valence electrons. The average Bonchev–Trinajstić information content (AvgIpc) is 2.38. The molecule has 18 heavy (non-hydrogen) atoms. The normalized spacial score (nSPS) is 18.0. The smallest absolute Gasteiger partial charge is 0.0411 e. The first-order valence-corrected chi connectivity index (χ1v) is 6.83. The van der Waals surface area contributed by atoms with Crippen LogP contribution in [0.1, 0.15) is 24.0 Å². The van der Waals surface area contributed by atoms with Crippen LogP contribution in [0.5, 0.6) is 0 Å². The van der Waals surface area contributed by atoms with Gasteiger partial charge in [0.25, 0.3) is 0 Å². The van der Waals surface area contributed by atoms with Crippen molar-refractivity contribution in [2.75, 3.05) is 32.1 Å². The number of rotatable bonds is 3. The van der Waals surface area contributed by atoms with E-state index in [2.05, 4.69) is 49.0 Å². The van der Waals surface area contributed by atoms with Crippen LogP contribution in [0.2, 0.25) is 0 Å². The molecule has 0 unspecified atom stereocenters. The molecular formula is C15H25N3. The number of aryl methyl sites for hydroxylation is 1. The van der Waals surface area contributed by atoms with Gasteiger partial charge in [-0.15, -0.1) is 0 Å². The minimum Gasteiger partial charge on any atom is -0.371 e. The molecule has 3 heteroatoms. The van der Waals surface area contributed by atoms with Crippen LogP contribution in [0.3, 0.4) is 0 Å². The molecule has 2 rings (SSSR count). The van der Waals surface area contributed by atoms with Crippen LogP contribution in [0.4, 0.5) is 5.69 Å². The summed E-state index contributed by atoms with van der Waals surface area (Å²) in [6.07, 6.45) is 2.48. The fourth-order valence-electron chi connectivity index (χ4n) is 2.80. The molecule has 1 aliphatic heterocycles. The molecule has 1 saturated heterocycles. The number of hydrogen-bond acceptors (Lipinski definition) is 3. The highest BCUT2D eigenvalue weighted by Gasteiger charge is 2.21. The van der Waals surface area contributed by atoms with E-state index in [9.17, 15) is 0 Å². The number of likely N-dealkylation sites (tertiary alicyclic amines) is 1. The maximum Gasteiger partial charge on any atom is 0.0411 e. The van der Waals surface area contributed by atoms with Gasteiger partial charge in [-0.2, -0.15) is 0 Å². The molecule has 1 aliphatic rings. The van der Waals surface area contributed by atoms with E-state index in [-0.39, 0.29) is 0 Å². The molecule has 1 aromatic rings. The van der Waals surface area contributed by atoms with Gasteiger partial charge in [0.15, 0.2) is 0 Å². The molecule has 0 atom stereocenters. The van der Waals surface area contributed by atoms with Crippen LogP contribution in [-0.2, 0) is 6.54 Å². The maximum absolute atomic E-state index is 5.87. The minimum absolute atomic E-state index is 0.619.